The van der Waals surface area contributed by atoms with Crippen LogP contribution in [-0.2, 0) is 11.2 Å². The number of carbonyl (C=O) groups is 1. The van der Waals surface area contributed by atoms with Crippen LogP contribution in [0.25, 0.3) is 0 Å². The van der Waals surface area contributed by atoms with Gasteiger partial charge in [-0.25, -0.2) is 0 Å². The van der Waals surface area contributed by atoms with Gasteiger partial charge in [0.05, 0.1) is 0 Å². The quantitative estimate of drug-likeness (QED) is 0.495. The number of hydrogen-bond acceptors (Lipinski definition) is 5. The van der Waals surface area contributed by atoms with Gasteiger partial charge < -0.3 is 10.2 Å². The Bertz CT molecular complexity index is 1020. The molecule has 1 N–H and O–H groups in total. The lowest BCUT2D eigenvalue weighted by Crippen LogP contribution is -2.43. The van der Waals surface area contributed by atoms with Gasteiger partial charge in [-0.05, 0) is 69.4 Å². The molecule has 5 nitrogen and oxygen atoms in total. The third-order valence-electron chi connectivity index (χ3n) is 6.16. The van der Waals surface area contributed by atoms with Gasteiger partial charge in [-0.2, -0.15) is 0 Å². The smallest absolute Gasteiger partial charge is 0.223 e. The summed E-state index contributed by atoms with van der Waals surface area (Å²) in [6.45, 7) is 5.84. The van der Waals surface area contributed by atoms with E-state index in [-0.39, 0.29) is 17.9 Å². The zero-order valence-electron chi connectivity index (χ0n) is 19.4. The normalized spacial score (nSPS) is 15.3. The van der Waals surface area contributed by atoms with E-state index in [9.17, 15) is 4.79 Å². The van der Waals surface area contributed by atoms with E-state index >= 15 is 0 Å². The van der Waals surface area contributed by atoms with Gasteiger partial charge in [-0.1, -0.05) is 59.8 Å². The van der Waals surface area contributed by atoms with E-state index < -0.39 is 0 Å². The standard InChI is InChI=1S/C27H32N4OS/c1-20-8-12-24(13-9-20)33-26-15-14-25(29-30-26)31-18-16-23(17-19-31)27(32)28-21(2)10-11-22-6-4-3-5-7-22/h3-9,12-15,21,23H,10-11,16-19H2,1-2H3,(H,28,32)/t21-/m0/s1. The number of aromatic nitrogens is 2. The van der Waals surface area contributed by atoms with Crippen molar-refractivity contribution in [1.29, 1.82) is 0 Å². The molecule has 1 aromatic heterocycles. The lowest BCUT2D eigenvalue weighted by Gasteiger charge is -2.32. The molecule has 0 bridgehead atoms. The van der Waals surface area contributed by atoms with Gasteiger partial charge in [0, 0.05) is 29.9 Å². The minimum absolute atomic E-state index is 0.0738. The molecule has 1 fully saturated rings. The second-order valence-electron chi connectivity index (χ2n) is 8.84. The number of hydrogen-bond donors (Lipinski definition) is 1. The van der Waals surface area contributed by atoms with Crippen molar-refractivity contribution in [2.45, 2.75) is 55.5 Å². The third kappa shape index (κ3) is 6.81. The minimum Gasteiger partial charge on any atom is -0.355 e. The monoisotopic (exact) mass is 460 g/mol. The van der Waals surface area contributed by atoms with Gasteiger partial charge >= 0.3 is 0 Å². The van der Waals surface area contributed by atoms with E-state index in [1.807, 2.05) is 18.2 Å². The summed E-state index contributed by atoms with van der Waals surface area (Å²) in [5.41, 5.74) is 2.57. The number of nitrogens with one attached hydrogen (secondary N) is 1. The maximum absolute atomic E-state index is 12.7. The van der Waals surface area contributed by atoms with Gasteiger partial charge in [0.15, 0.2) is 5.82 Å². The maximum atomic E-state index is 12.7. The average Bonchev–Trinajstić information content (AvgIpc) is 2.85. The first-order chi connectivity index (χ1) is 16.1. The van der Waals surface area contributed by atoms with Crippen molar-refractivity contribution in [1.82, 2.24) is 15.5 Å². The number of nitrogens with zero attached hydrogens (tertiary/aromatic N) is 3. The number of benzene rings is 2. The zero-order chi connectivity index (χ0) is 23.0. The van der Waals surface area contributed by atoms with Crippen molar-refractivity contribution in [3.63, 3.8) is 0 Å². The molecule has 2 heterocycles. The number of rotatable bonds is 8. The summed E-state index contributed by atoms with van der Waals surface area (Å²) in [7, 11) is 0. The number of anilines is 1. The molecule has 1 saturated heterocycles. The number of amides is 1. The highest BCUT2D eigenvalue weighted by Crippen LogP contribution is 2.27. The van der Waals surface area contributed by atoms with Crippen molar-refractivity contribution < 1.29 is 4.79 Å². The van der Waals surface area contributed by atoms with Crippen LogP contribution in [0.2, 0.25) is 0 Å². The molecular formula is C27H32N4OS. The summed E-state index contributed by atoms with van der Waals surface area (Å²) in [5.74, 6) is 1.15. The molecule has 0 aliphatic carbocycles. The molecule has 1 amide bonds. The van der Waals surface area contributed by atoms with Crippen LogP contribution in [0.3, 0.4) is 0 Å². The molecule has 33 heavy (non-hydrogen) atoms. The van der Waals surface area contributed by atoms with Gasteiger partial charge in [-0.3, -0.25) is 4.79 Å². The fourth-order valence-corrected chi connectivity index (χ4v) is 4.83. The molecular weight excluding hydrogens is 428 g/mol. The van der Waals surface area contributed by atoms with Gasteiger partial charge in [-0.15, -0.1) is 10.2 Å². The minimum atomic E-state index is 0.0738. The Morgan fingerprint density at radius 3 is 2.42 bits per heavy atom. The molecule has 6 heteroatoms. The van der Waals surface area contributed by atoms with Gasteiger partial charge in [0.2, 0.25) is 5.91 Å². The predicted molar refractivity (Wildman–Crippen MR) is 135 cm³/mol. The Morgan fingerprint density at radius 2 is 1.76 bits per heavy atom. The third-order valence-corrected chi connectivity index (χ3v) is 7.09. The molecule has 1 aliphatic heterocycles. The number of piperidine rings is 1. The Kier molecular flexibility index (Phi) is 8.00. The second kappa shape index (κ2) is 11.3. The van der Waals surface area contributed by atoms with Crippen LogP contribution in [0.15, 0.2) is 76.7 Å². The zero-order valence-corrected chi connectivity index (χ0v) is 20.2. The van der Waals surface area contributed by atoms with Crippen LogP contribution < -0.4 is 10.2 Å². The Labute approximate surface area is 201 Å². The molecule has 0 radical (unpaired) electrons. The van der Waals surface area contributed by atoms with Crippen molar-refractivity contribution in [3.8, 4) is 0 Å². The van der Waals surface area contributed by atoms with Crippen LogP contribution in [0.1, 0.15) is 37.3 Å². The van der Waals surface area contributed by atoms with Crippen LogP contribution in [-0.4, -0.2) is 35.2 Å². The van der Waals surface area contributed by atoms with Crippen molar-refractivity contribution in [2.75, 3.05) is 18.0 Å². The van der Waals surface area contributed by atoms with Crippen LogP contribution in [0.4, 0.5) is 5.82 Å². The van der Waals surface area contributed by atoms with Gasteiger partial charge in [0.25, 0.3) is 0 Å². The predicted octanol–water partition coefficient (Wildman–Crippen LogP) is 5.29. The van der Waals surface area contributed by atoms with Gasteiger partial charge in [0.1, 0.15) is 5.03 Å². The van der Waals surface area contributed by atoms with Crippen LogP contribution >= 0.6 is 11.8 Å². The lowest BCUT2D eigenvalue weighted by atomic mass is 9.95. The first-order valence-electron chi connectivity index (χ1n) is 11.7. The van der Waals surface area contributed by atoms with E-state index in [2.05, 4.69) is 82.8 Å². The van der Waals surface area contributed by atoms with Crippen LogP contribution in [0, 0.1) is 12.8 Å². The molecule has 1 atom stereocenters. The highest BCUT2D eigenvalue weighted by atomic mass is 32.2. The Morgan fingerprint density at radius 1 is 1.03 bits per heavy atom. The molecule has 0 spiro atoms. The Hall–Kier alpha value is -2.86. The first-order valence-corrected chi connectivity index (χ1v) is 12.6. The van der Waals surface area contributed by atoms with E-state index in [0.29, 0.717) is 0 Å². The topological polar surface area (TPSA) is 58.1 Å². The summed E-state index contributed by atoms with van der Waals surface area (Å²) in [6, 6.07) is 23.1. The largest absolute Gasteiger partial charge is 0.355 e. The van der Waals surface area contributed by atoms with Crippen molar-refractivity contribution >= 4 is 23.5 Å². The molecule has 4 rings (SSSR count). The molecule has 0 unspecified atom stereocenters. The average molecular weight is 461 g/mol. The summed E-state index contributed by atoms with van der Waals surface area (Å²) in [4.78, 5) is 16.1. The summed E-state index contributed by atoms with van der Waals surface area (Å²) in [6.07, 6.45) is 3.63. The summed E-state index contributed by atoms with van der Waals surface area (Å²) in [5, 5.41) is 13.0. The number of carbonyl (C=O) groups excluding carboxylic acids is 1. The summed E-state index contributed by atoms with van der Waals surface area (Å²) < 4.78 is 0. The molecule has 2 aromatic carbocycles. The molecule has 3 aromatic rings. The molecule has 172 valence electrons. The SMILES string of the molecule is Cc1ccc(Sc2ccc(N3CCC(C(=O)N[C@@H](C)CCc4ccccc4)CC3)nn2)cc1. The van der Waals surface area contributed by atoms with E-state index in [1.54, 1.807) is 11.8 Å². The van der Waals surface area contributed by atoms with Crippen molar-refractivity contribution in [2.24, 2.45) is 5.92 Å². The van der Waals surface area contributed by atoms with E-state index in [0.717, 1.165) is 54.5 Å². The lowest BCUT2D eigenvalue weighted by molar-refractivity contribution is -0.126. The molecule has 0 saturated carbocycles. The Balaban J connectivity index is 1.21. The highest BCUT2D eigenvalue weighted by Gasteiger charge is 2.26. The maximum Gasteiger partial charge on any atom is 0.223 e. The van der Waals surface area contributed by atoms with E-state index in [4.69, 9.17) is 0 Å². The first kappa shape index (κ1) is 23.3. The highest BCUT2D eigenvalue weighted by molar-refractivity contribution is 7.99. The summed E-state index contributed by atoms with van der Waals surface area (Å²) >= 11 is 1.62. The fourth-order valence-electron chi connectivity index (χ4n) is 4.09. The van der Waals surface area contributed by atoms with E-state index in [1.165, 1.54) is 11.1 Å². The van der Waals surface area contributed by atoms with Crippen LogP contribution in [0.5, 0.6) is 0 Å². The fraction of sp³-hybridized carbons (Fsp3) is 0.370. The number of aryl methyl sites for hydroxylation is 2. The molecule has 1 aliphatic rings. The van der Waals surface area contributed by atoms with Crippen molar-refractivity contribution in [3.05, 3.63) is 77.9 Å². The second-order valence-corrected chi connectivity index (χ2v) is 9.93.